The van der Waals surface area contributed by atoms with Gasteiger partial charge in [-0.15, -0.1) is 0 Å². The van der Waals surface area contributed by atoms with Crippen LogP contribution in [0.25, 0.3) is 0 Å². The second-order valence-corrected chi connectivity index (χ2v) is 7.93. The number of amides is 3. The molecule has 0 rings (SSSR count). The van der Waals surface area contributed by atoms with E-state index in [4.69, 9.17) is 10.8 Å². The number of hydrogen-bond donors (Lipinski definition) is 6. The van der Waals surface area contributed by atoms with Gasteiger partial charge in [-0.25, -0.2) is 4.79 Å². The molecule has 0 bridgehead atoms. The van der Waals surface area contributed by atoms with Crippen LogP contribution in [0.1, 0.15) is 12.8 Å². The number of hydrogen-bond acceptors (Lipinski definition) is 8. The first-order valence-electron chi connectivity index (χ1n) is 8.21. The van der Waals surface area contributed by atoms with E-state index in [9.17, 15) is 19.2 Å². The smallest absolute Gasteiger partial charge is 0.327 e. The molecule has 0 fully saturated rings. The fourth-order valence-electron chi connectivity index (χ4n) is 1.88. The Labute approximate surface area is 173 Å². The Hall–Kier alpha value is -1.11. The molecule has 0 aromatic rings. The summed E-state index contributed by atoms with van der Waals surface area (Å²) in [6.45, 7) is -0.316. The molecular formula is C15H28N4O5S3. The molecule has 0 saturated heterocycles. The van der Waals surface area contributed by atoms with Gasteiger partial charge in [0.2, 0.25) is 17.7 Å². The van der Waals surface area contributed by atoms with E-state index in [-0.39, 0.29) is 12.3 Å². The van der Waals surface area contributed by atoms with E-state index in [1.165, 1.54) is 11.8 Å². The third kappa shape index (κ3) is 11.4. The fraction of sp³-hybridized carbons (Fsp3) is 0.733. The second-order valence-electron chi connectivity index (χ2n) is 5.59. The minimum atomic E-state index is -1.21. The molecule has 9 nitrogen and oxygen atoms in total. The number of carbonyl (C=O) groups excluding carboxylic acids is 3. The Kier molecular flexibility index (Phi) is 14.3. The first-order chi connectivity index (χ1) is 12.8. The number of carbonyl (C=O) groups is 4. The van der Waals surface area contributed by atoms with Crippen molar-refractivity contribution in [1.29, 1.82) is 0 Å². The van der Waals surface area contributed by atoms with Gasteiger partial charge < -0.3 is 26.8 Å². The highest BCUT2D eigenvalue weighted by Gasteiger charge is 2.25. The van der Waals surface area contributed by atoms with Crippen molar-refractivity contribution in [3.8, 4) is 0 Å². The summed E-state index contributed by atoms with van der Waals surface area (Å²) < 4.78 is 0. The third-order valence-electron chi connectivity index (χ3n) is 3.45. The molecule has 12 heteroatoms. The van der Waals surface area contributed by atoms with Crippen LogP contribution in [0.5, 0.6) is 0 Å². The summed E-state index contributed by atoms with van der Waals surface area (Å²) >= 11 is 6.94. The summed E-state index contributed by atoms with van der Waals surface area (Å²) in [6.07, 6.45) is 4.56. The lowest BCUT2D eigenvalue weighted by molar-refractivity contribution is -0.141. The summed E-state index contributed by atoms with van der Waals surface area (Å²) in [5.41, 5.74) is 5.72. The lowest BCUT2D eigenvalue weighted by Crippen LogP contribution is -2.54. The zero-order valence-electron chi connectivity index (χ0n) is 15.4. The van der Waals surface area contributed by atoms with E-state index in [1.807, 2.05) is 12.5 Å². The molecule has 0 aromatic heterocycles. The standard InChI is InChI=1S/C15H28N4O5S3/c1-26-5-3-9(16)13(21)17-7-12(20)18-10(4-6-27-2)14(22)19-11(8-25)15(23)24/h9-11,25H,3-8,16H2,1-2H3,(H,17,21)(H,18,20)(H,19,22)(H,23,24). The van der Waals surface area contributed by atoms with Gasteiger partial charge >= 0.3 is 5.97 Å². The molecule has 3 unspecified atom stereocenters. The van der Waals surface area contributed by atoms with Gasteiger partial charge in [0.1, 0.15) is 12.1 Å². The predicted molar refractivity (Wildman–Crippen MR) is 112 cm³/mol. The van der Waals surface area contributed by atoms with Crippen LogP contribution >= 0.6 is 36.2 Å². The van der Waals surface area contributed by atoms with Crippen molar-refractivity contribution in [3.05, 3.63) is 0 Å². The maximum Gasteiger partial charge on any atom is 0.327 e. The van der Waals surface area contributed by atoms with Crippen molar-refractivity contribution in [2.24, 2.45) is 5.73 Å². The molecule has 0 aliphatic carbocycles. The van der Waals surface area contributed by atoms with Gasteiger partial charge in [0.15, 0.2) is 0 Å². The Bertz CT molecular complexity index is 510. The SMILES string of the molecule is CSCCC(N)C(=O)NCC(=O)NC(CCSC)C(=O)NC(CS)C(=O)O. The Morgan fingerprint density at radius 2 is 1.59 bits per heavy atom. The molecule has 3 amide bonds. The Morgan fingerprint density at radius 1 is 1.00 bits per heavy atom. The number of thioether (sulfide) groups is 2. The fourth-order valence-corrected chi connectivity index (χ4v) is 3.09. The molecule has 156 valence electrons. The highest BCUT2D eigenvalue weighted by molar-refractivity contribution is 7.98. The molecule has 0 aliphatic heterocycles. The van der Waals surface area contributed by atoms with Crippen LogP contribution < -0.4 is 21.7 Å². The van der Waals surface area contributed by atoms with Gasteiger partial charge in [-0.05, 0) is 36.9 Å². The molecule has 0 saturated carbocycles. The zero-order valence-corrected chi connectivity index (χ0v) is 17.9. The van der Waals surface area contributed by atoms with Gasteiger partial charge in [-0.1, -0.05) is 0 Å². The van der Waals surface area contributed by atoms with Crippen LogP contribution in [0, 0.1) is 0 Å². The Morgan fingerprint density at radius 3 is 2.11 bits per heavy atom. The van der Waals surface area contributed by atoms with Crippen molar-refractivity contribution in [2.75, 3.05) is 36.3 Å². The van der Waals surface area contributed by atoms with Crippen molar-refractivity contribution in [2.45, 2.75) is 31.0 Å². The lowest BCUT2D eigenvalue weighted by Gasteiger charge is -2.21. The second kappa shape index (κ2) is 14.9. The van der Waals surface area contributed by atoms with Crippen LogP contribution in [0.4, 0.5) is 0 Å². The van der Waals surface area contributed by atoms with E-state index < -0.39 is 41.8 Å². The molecule has 0 aromatic carbocycles. The first-order valence-corrected chi connectivity index (χ1v) is 11.6. The monoisotopic (exact) mass is 440 g/mol. The van der Waals surface area contributed by atoms with Crippen molar-refractivity contribution in [3.63, 3.8) is 0 Å². The highest BCUT2D eigenvalue weighted by atomic mass is 32.2. The quantitative estimate of drug-likeness (QED) is 0.187. The normalized spacial score (nSPS) is 13.9. The van der Waals surface area contributed by atoms with E-state index in [0.29, 0.717) is 18.6 Å². The minimum Gasteiger partial charge on any atom is -0.480 e. The number of carboxylic acids is 1. The Balaban J connectivity index is 4.65. The number of carboxylic acid groups (broad SMARTS) is 1. The number of nitrogens with two attached hydrogens (primary N) is 1. The molecule has 0 heterocycles. The van der Waals surface area contributed by atoms with Crippen molar-refractivity contribution in [1.82, 2.24) is 16.0 Å². The van der Waals surface area contributed by atoms with Crippen molar-refractivity contribution >= 4 is 59.8 Å². The van der Waals surface area contributed by atoms with Crippen LogP contribution in [0.3, 0.4) is 0 Å². The molecule has 27 heavy (non-hydrogen) atoms. The molecular weight excluding hydrogens is 412 g/mol. The summed E-state index contributed by atoms with van der Waals surface area (Å²) in [5, 5.41) is 16.3. The molecule has 0 aliphatic rings. The molecule has 3 atom stereocenters. The van der Waals surface area contributed by atoms with Gasteiger partial charge in [0, 0.05) is 5.75 Å². The van der Waals surface area contributed by atoms with E-state index in [0.717, 1.165) is 5.75 Å². The predicted octanol–water partition coefficient (Wildman–Crippen LogP) is -1.08. The van der Waals surface area contributed by atoms with Crippen LogP contribution in [-0.2, 0) is 19.2 Å². The largest absolute Gasteiger partial charge is 0.480 e. The number of aliphatic carboxylic acids is 1. The summed E-state index contributed by atoms with van der Waals surface area (Å²) in [6, 6.07) is -2.76. The number of thiol groups is 1. The molecule has 0 radical (unpaired) electrons. The highest BCUT2D eigenvalue weighted by Crippen LogP contribution is 2.02. The van der Waals surface area contributed by atoms with Crippen molar-refractivity contribution < 1.29 is 24.3 Å². The van der Waals surface area contributed by atoms with E-state index in [1.54, 1.807) is 11.8 Å². The minimum absolute atomic E-state index is 0.0751. The van der Waals surface area contributed by atoms with Gasteiger partial charge in [-0.3, -0.25) is 14.4 Å². The summed E-state index contributed by atoms with van der Waals surface area (Å²) in [4.78, 5) is 47.2. The molecule has 0 spiro atoms. The average Bonchev–Trinajstić information content (AvgIpc) is 2.64. The van der Waals surface area contributed by atoms with E-state index >= 15 is 0 Å². The zero-order chi connectivity index (χ0) is 20.8. The third-order valence-corrected chi connectivity index (χ3v) is 5.11. The van der Waals surface area contributed by atoms with Gasteiger partial charge in [-0.2, -0.15) is 36.2 Å². The maximum atomic E-state index is 12.3. The van der Waals surface area contributed by atoms with Gasteiger partial charge in [0.05, 0.1) is 12.6 Å². The first kappa shape index (κ1) is 25.9. The topological polar surface area (TPSA) is 151 Å². The van der Waals surface area contributed by atoms with Crippen LogP contribution in [-0.4, -0.2) is 83.2 Å². The summed E-state index contributed by atoms with van der Waals surface area (Å²) in [7, 11) is 0. The molecule has 6 N–H and O–H groups in total. The maximum absolute atomic E-state index is 12.3. The van der Waals surface area contributed by atoms with E-state index in [2.05, 4.69) is 28.6 Å². The van der Waals surface area contributed by atoms with Crippen LogP contribution in [0.2, 0.25) is 0 Å². The van der Waals surface area contributed by atoms with Crippen LogP contribution in [0.15, 0.2) is 0 Å². The van der Waals surface area contributed by atoms with Gasteiger partial charge in [0.25, 0.3) is 0 Å². The number of nitrogens with one attached hydrogen (secondary N) is 3. The summed E-state index contributed by atoms with van der Waals surface area (Å²) in [5.74, 6) is -1.57. The number of rotatable bonds is 14. The average molecular weight is 441 g/mol. The lowest BCUT2D eigenvalue weighted by atomic mass is 10.2.